The number of benzene rings is 2. The van der Waals surface area contributed by atoms with Crippen LogP contribution < -0.4 is 14.8 Å². The Hall–Kier alpha value is -3.07. The van der Waals surface area contributed by atoms with Crippen molar-refractivity contribution in [3.05, 3.63) is 70.5 Å². The van der Waals surface area contributed by atoms with E-state index < -0.39 is 11.7 Å². The van der Waals surface area contributed by atoms with Crippen LogP contribution in [-0.4, -0.2) is 17.2 Å². The van der Waals surface area contributed by atoms with E-state index in [0.717, 1.165) is 10.4 Å². The zero-order valence-electron chi connectivity index (χ0n) is 15.5. The number of carbonyl (C=O) groups is 1. The number of anilines is 1. The first-order valence-corrected chi connectivity index (χ1v) is 10.1. The van der Waals surface area contributed by atoms with Crippen LogP contribution in [0.15, 0.2) is 48.7 Å². The van der Waals surface area contributed by atoms with Gasteiger partial charge in [0, 0.05) is 17.5 Å². The molecule has 0 saturated heterocycles. The fraction of sp³-hybridized carbons (Fsp3) is 0.238. The van der Waals surface area contributed by atoms with E-state index in [4.69, 9.17) is 0 Å². The van der Waals surface area contributed by atoms with Crippen LogP contribution in [0.2, 0.25) is 0 Å². The monoisotopic (exact) mass is 432 g/mol. The van der Waals surface area contributed by atoms with Crippen molar-refractivity contribution in [1.29, 1.82) is 0 Å². The molecule has 0 radical (unpaired) electrons. The summed E-state index contributed by atoms with van der Waals surface area (Å²) in [5.74, 6) is -0.687. The van der Waals surface area contributed by atoms with Crippen molar-refractivity contribution in [1.82, 2.24) is 4.98 Å². The zero-order chi connectivity index (χ0) is 20.9. The molecule has 0 bridgehead atoms. The van der Waals surface area contributed by atoms with Crippen molar-refractivity contribution in [3.63, 3.8) is 0 Å². The molecular weight excluding hydrogens is 417 g/mol. The Morgan fingerprint density at radius 2 is 1.93 bits per heavy atom. The summed E-state index contributed by atoms with van der Waals surface area (Å²) in [6, 6.07) is 10.7. The van der Waals surface area contributed by atoms with Crippen LogP contribution in [0.3, 0.4) is 0 Å². The number of amides is 1. The average molecular weight is 432 g/mol. The van der Waals surface area contributed by atoms with Crippen molar-refractivity contribution in [2.45, 2.75) is 31.0 Å². The Labute approximate surface area is 173 Å². The highest BCUT2D eigenvalue weighted by Crippen LogP contribution is 2.52. The molecule has 0 unspecified atom stereocenters. The number of aromatic nitrogens is 1. The van der Waals surface area contributed by atoms with Crippen LogP contribution in [0.1, 0.15) is 28.8 Å². The van der Waals surface area contributed by atoms with Gasteiger partial charge in [-0.3, -0.25) is 4.79 Å². The van der Waals surface area contributed by atoms with Crippen molar-refractivity contribution in [2.24, 2.45) is 0 Å². The van der Waals surface area contributed by atoms with E-state index in [-0.39, 0.29) is 23.2 Å². The Morgan fingerprint density at radius 1 is 1.13 bits per heavy atom. The van der Waals surface area contributed by atoms with Gasteiger partial charge >= 0.3 is 6.29 Å². The summed E-state index contributed by atoms with van der Waals surface area (Å²) >= 11 is 1.31. The number of hydrogen-bond donors (Lipinski definition) is 1. The third kappa shape index (κ3) is 3.49. The Kier molecular flexibility index (Phi) is 4.25. The summed E-state index contributed by atoms with van der Waals surface area (Å²) in [5, 5.41) is 3.25. The molecule has 5 rings (SSSR count). The summed E-state index contributed by atoms with van der Waals surface area (Å²) in [4.78, 5) is 18.0. The van der Waals surface area contributed by atoms with Gasteiger partial charge in [0.05, 0.1) is 5.41 Å². The third-order valence-electron chi connectivity index (χ3n) is 5.18. The fourth-order valence-electron chi connectivity index (χ4n) is 3.53. The van der Waals surface area contributed by atoms with Gasteiger partial charge in [-0.05, 0) is 48.2 Å². The molecule has 5 nitrogen and oxygen atoms in total. The molecule has 0 spiro atoms. The molecule has 30 heavy (non-hydrogen) atoms. The SMILES string of the molecule is O=C(Nc1ncc(Cc2cccc(F)c2)s1)C1(c2ccc3c(c2)OC(F)(F)O3)CC1. The van der Waals surface area contributed by atoms with Gasteiger partial charge in [0.2, 0.25) is 5.91 Å². The number of carbonyl (C=O) groups excluding carboxylic acids is 1. The van der Waals surface area contributed by atoms with Gasteiger partial charge in [-0.1, -0.05) is 18.2 Å². The molecule has 3 aromatic rings. The Bertz CT molecular complexity index is 1140. The smallest absolute Gasteiger partial charge is 0.395 e. The number of nitrogens with one attached hydrogen (secondary N) is 1. The predicted octanol–water partition coefficient (Wildman–Crippen LogP) is 4.86. The normalized spacial score (nSPS) is 17.6. The molecule has 2 aromatic carbocycles. The first kappa shape index (κ1) is 18.9. The topological polar surface area (TPSA) is 60.5 Å². The number of hydrogen-bond acceptors (Lipinski definition) is 5. The van der Waals surface area contributed by atoms with Gasteiger partial charge in [0.1, 0.15) is 5.82 Å². The maximum atomic E-state index is 13.3. The lowest BCUT2D eigenvalue weighted by atomic mass is 9.94. The highest BCUT2D eigenvalue weighted by Gasteiger charge is 2.53. The lowest BCUT2D eigenvalue weighted by molar-refractivity contribution is -0.286. The van der Waals surface area contributed by atoms with Gasteiger partial charge in [-0.2, -0.15) is 0 Å². The standard InChI is InChI=1S/C21H15F3N2O3S/c22-14-3-1-2-12(8-14)9-15-11-25-19(30-15)26-18(27)20(6-7-20)13-4-5-16-17(10-13)29-21(23,24)28-16/h1-5,8,10-11H,6-7,9H2,(H,25,26,27). The van der Waals surface area contributed by atoms with Crippen LogP contribution in [-0.2, 0) is 16.6 Å². The van der Waals surface area contributed by atoms with Crippen molar-refractivity contribution in [2.75, 3.05) is 5.32 Å². The quantitative estimate of drug-likeness (QED) is 0.625. The van der Waals surface area contributed by atoms with Crippen LogP contribution in [0.5, 0.6) is 11.5 Å². The van der Waals surface area contributed by atoms with Crippen molar-refractivity contribution < 1.29 is 27.4 Å². The molecule has 1 aromatic heterocycles. The minimum atomic E-state index is -3.70. The zero-order valence-corrected chi connectivity index (χ0v) is 16.3. The number of fused-ring (bicyclic) bond motifs is 1. The number of rotatable bonds is 5. The molecule has 0 atom stereocenters. The summed E-state index contributed by atoms with van der Waals surface area (Å²) in [5.41, 5.74) is 0.605. The summed E-state index contributed by atoms with van der Waals surface area (Å²) in [6.45, 7) is 0. The minimum Gasteiger partial charge on any atom is -0.395 e. The van der Waals surface area contributed by atoms with Gasteiger partial charge < -0.3 is 14.8 Å². The molecule has 2 heterocycles. The van der Waals surface area contributed by atoms with Gasteiger partial charge in [-0.25, -0.2) is 9.37 Å². The van der Waals surface area contributed by atoms with E-state index >= 15 is 0 Å². The number of halogens is 3. The first-order valence-electron chi connectivity index (χ1n) is 9.24. The van der Waals surface area contributed by atoms with E-state index in [2.05, 4.69) is 19.8 Å². The fourth-order valence-corrected chi connectivity index (χ4v) is 4.37. The van der Waals surface area contributed by atoms with E-state index in [9.17, 15) is 18.0 Å². The summed E-state index contributed by atoms with van der Waals surface area (Å²) in [7, 11) is 0. The number of thiazole rings is 1. The second-order valence-corrected chi connectivity index (χ2v) is 8.42. The van der Waals surface area contributed by atoms with E-state index in [1.54, 1.807) is 18.3 Å². The molecule has 9 heteroatoms. The number of ether oxygens (including phenoxy) is 2. The van der Waals surface area contributed by atoms with Crippen LogP contribution >= 0.6 is 11.3 Å². The third-order valence-corrected chi connectivity index (χ3v) is 6.09. The first-order chi connectivity index (χ1) is 14.3. The lowest BCUT2D eigenvalue weighted by Gasteiger charge is -2.15. The van der Waals surface area contributed by atoms with E-state index in [1.807, 2.05) is 6.07 Å². The molecule has 1 aliphatic heterocycles. The van der Waals surface area contributed by atoms with Gasteiger partial charge in [0.25, 0.3) is 0 Å². The van der Waals surface area contributed by atoms with Gasteiger partial charge in [-0.15, -0.1) is 20.1 Å². The maximum Gasteiger partial charge on any atom is 0.586 e. The van der Waals surface area contributed by atoms with Crippen molar-refractivity contribution in [3.8, 4) is 11.5 Å². The largest absolute Gasteiger partial charge is 0.586 e. The Morgan fingerprint density at radius 3 is 2.70 bits per heavy atom. The lowest BCUT2D eigenvalue weighted by Crippen LogP contribution is -2.27. The van der Waals surface area contributed by atoms with Crippen LogP contribution in [0, 0.1) is 5.82 Å². The predicted molar refractivity (Wildman–Crippen MR) is 104 cm³/mol. The average Bonchev–Trinajstić information content (AvgIpc) is 3.29. The minimum absolute atomic E-state index is 0.0538. The van der Waals surface area contributed by atoms with Crippen LogP contribution in [0.4, 0.5) is 18.3 Å². The number of alkyl halides is 2. The molecule has 1 saturated carbocycles. The van der Waals surface area contributed by atoms with E-state index in [0.29, 0.717) is 30.0 Å². The highest BCUT2D eigenvalue weighted by atomic mass is 32.1. The molecule has 1 fully saturated rings. The molecular formula is C21H15F3N2O3S. The summed E-state index contributed by atoms with van der Waals surface area (Å²) in [6.07, 6.45) is -0.355. The molecule has 1 aliphatic carbocycles. The summed E-state index contributed by atoms with van der Waals surface area (Å²) < 4.78 is 48.8. The van der Waals surface area contributed by atoms with Crippen molar-refractivity contribution >= 4 is 22.4 Å². The molecule has 1 amide bonds. The maximum absolute atomic E-state index is 13.3. The molecule has 1 N–H and O–H groups in total. The van der Waals surface area contributed by atoms with Crippen LogP contribution in [0.25, 0.3) is 0 Å². The second-order valence-electron chi connectivity index (χ2n) is 7.30. The Balaban J connectivity index is 1.30. The second kappa shape index (κ2) is 6.73. The van der Waals surface area contributed by atoms with E-state index in [1.165, 1.54) is 35.6 Å². The highest BCUT2D eigenvalue weighted by molar-refractivity contribution is 7.15. The number of nitrogens with zero attached hydrogens (tertiary/aromatic N) is 1. The molecule has 2 aliphatic rings. The molecule has 154 valence electrons. The van der Waals surface area contributed by atoms with Gasteiger partial charge in [0.15, 0.2) is 16.6 Å².